The van der Waals surface area contributed by atoms with Crippen molar-refractivity contribution in [2.75, 3.05) is 11.6 Å². The van der Waals surface area contributed by atoms with E-state index in [1.165, 1.54) is 35.6 Å². The molecule has 0 aliphatic carbocycles. The second-order valence-electron chi connectivity index (χ2n) is 5.90. The van der Waals surface area contributed by atoms with Crippen LogP contribution in [-0.2, 0) is 9.84 Å². The first-order chi connectivity index (χ1) is 12.3. The van der Waals surface area contributed by atoms with Gasteiger partial charge in [0.15, 0.2) is 15.0 Å². The van der Waals surface area contributed by atoms with Crippen LogP contribution in [0.25, 0.3) is 10.2 Å². The molecule has 0 aliphatic rings. The number of sulfone groups is 1. The highest BCUT2D eigenvalue weighted by molar-refractivity contribution is 7.98. The van der Waals surface area contributed by atoms with Crippen LogP contribution in [0, 0.1) is 0 Å². The normalized spacial score (nSPS) is 11.8. The molecule has 0 bridgehead atoms. The highest BCUT2D eigenvalue weighted by atomic mass is 32.2. The number of thioether (sulfide) groups is 1. The highest BCUT2D eigenvalue weighted by Crippen LogP contribution is 2.32. The summed E-state index contributed by atoms with van der Waals surface area (Å²) in [5, 5.41) is 2.80. The molecule has 0 atom stereocenters. The van der Waals surface area contributed by atoms with Crippen LogP contribution in [0.1, 0.15) is 24.2 Å². The fourth-order valence-corrected chi connectivity index (χ4v) is 4.95. The van der Waals surface area contributed by atoms with Gasteiger partial charge >= 0.3 is 0 Å². The third kappa shape index (κ3) is 3.62. The number of hydrogen-bond donors (Lipinski definition) is 1. The van der Waals surface area contributed by atoms with Crippen molar-refractivity contribution >= 4 is 54.2 Å². The number of aromatic nitrogens is 1. The number of nitrogens with zero attached hydrogens (tertiary/aromatic N) is 1. The highest BCUT2D eigenvalue weighted by Gasteiger charge is 2.19. The van der Waals surface area contributed by atoms with Gasteiger partial charge in [-0.1, -0.05) is 17.4 Å². The molecule has 0 aliphatic heterocycles. The Labute approximate surface area is 160 Å². The van der Waals surface area contributed by atoms with E-state index in [2.05, 4.69) is 10.3 Å². The van der Waals surface area contributed by atoms with Crippen LogP contribution in [-0.4, -0.2) is 30.8 Å². The topological polar surface area (TPSA) is 76.1 Å². The Morgan fingerprint density at radius 3 is 2.46 bits per heavy atom. The number of fused-ring (bicyclic) bond motifs is 1. The van der Waals surface area contributed by atoms with Crippen LogP contribution >= 0.6 is 23.1 Å². The first-order valence-electron chi connectivity index (χ1n) is 7.92. The first kappa shape index (κ1) is 18.9. The quantitative estimate of drug-likeness (QED) is 0.634. The molecule has 26 heavy (non-hydrogen) atoms. The van der Waals surface area contributed by atoms with Crippen molar-refractivity contribution in [1.29, 1.82) is 0 Å². The van der Waals surface area contributed by atoms with Gasteiger partial charge in [0.1, 0.15) is 0 Å². The molecule has 8 heteroatoms. The van der Waals surface area contributed by atoms with E-state index in [0.717, 1.165) is 15.1 Å². The molecule has 3 rings (SSSR count). The smallest absolute Gasteiger partial charge is 0.257 e. The maximum Gasteiger partial charge on any atom is 0.257 e. The molecule has 0 saturated carbocycles. The largest absolute Gasteiger partial charge is 0.298 e. The lowest BCUT2D eigenvalue weighted by atomic mass is 10.2. The van der Waals surface area contributed by atoms with Gasteiger partial charge in [0.2, 0.25) is 0 Å². The summed E-state index contributed by atoms with van der Waals surface area (Å²) in [6.07, 6.45) is 1.99. The number of carbonyl (C=O) groups is 1. The molecule has 1 heterocycles. The lowest BCUT2D eigenvalue weighted by molar-refractivity contribution is 0.102. The molecular weight excluding hydrogens is 388 g/mol. The van der Waals surface area contributed by atoms with Gasteiger partial charge in [0.05, 0.1) is 20.4 Å². The van der Waals surface area contributed by atoms with Gasteiger partial charge < -0.3 is 0 Å². The van der Waals surface area contributed by atoms with Crippen molar-refractivity contribution in [3.05, 3.63) is 48.0 Å². The number of nitrogens with one attached hydrogen (secondary N) is 1. The summed E-state index contributed by atoms with van der Waals surface area (Å²) in [5.74, 6) is -0.316. The number of anilines is 1. The Hall–Kier alpha value is -1.90. The van der Waals surface area contributed by atoms with Crippen molar-refractivity contribution in [2.45, 2.75) is 28.9 Å². The van der Waals surface area contributed by atoms with Gasteiger partial charge in [0.25, 0.3) is 5.91 Å². The maximum atomic E-state index is 12.4. The molecule has 5 nitrogen and oxygen atoms in total. The second kappa shape index (κ2) is 7.38. The van der Waals surface area contributed by atoms with E-state index >= 15 is 0 Å². The molecule has 0 saturated heterocycles. The van der Waals surface area contributed by atoms with Gasteiger partial charge in [-0.2, -0.15) is 0 Å². The van der Waals surface area contributed by atoms with E-state index in [1.807, 2.05) is 24.5 Å². The summed E-state index contributed by atoms with van der Waals surface area (Å²) in [4.78, 5) is 18.2. The van der Waals surface area contributed by atoms with Gasteiger partial charge in [0, 0.05) is 10.5 Å². The molecule has 0 unspecified atom stereocenters. The van der Waals surface area contributed by atoms with Gasteiger partial charge in [-0.25, -0.2) is 13.4 Å². The number of thiazole rings is 1. The van der Waals surface area contributed by atoms with Crippen LogP contribution in [0.3, 0.4) is 0 Å². The average Bonchev–Trinajstić information content (AvgIpc) is 3.03. The van der Waals surface area contributed by atoms with Crippen molar-refractivity contribution < 1.29 is 13.2 Å². The van der Waals surface area contributed by atoms with E-state index in [4.69, 9.17) is 0 Å². The summed E-state index contributed by atoms with van der Waals surface area (Å²) in [5.41, 5.74) is 1.26. The third-order valence-corrected chi connectivity index (χ3v) is 7.76. The second-order valence-corrected chi connectivity index (χ2v) is 10.3. The Morgan fingerprint density at radius 2 is 1.85 bits per heavy atom. The predicted molar refractivity (Wildman–Crippen MR) is 108 cm³/mol. The summed E-state index contributed by atoms with van der Waals surface area (Å²) < 4.78 is 25.3. The summed E-state index contributed by atoms with van der Waals surface area (Å²) in [6, 6.07) is 11.9. The van der Waals surface area contributed by atoms with Gasteiger partial charge in [-0.3, -0.25) is 10.1 Å². The Morgan fingerprint density at radius 1 is 1.15 bits per heavy atom. The standard InChI is InChI=1S/C18H18N2O3S3/c1-11(2)26(22,23)13-9-7-12(8-10-13)17(21)20-18-19-16-14(24-3)5-4-6-15(16)25-18/h4-11H,1-3H3,(H,19,20,21). The lowest BCUT2D eigenvalue weighted by Gasteiger charge is -2.08. The number of benzene rings is 2. The molecule has 136 valence electrons. The predicted octanol–water partition coefficient (Wildman–Crippen LogP) is 4.45. The van der Waals surface area contributed by atoms with E-state index in [0.29, 0.717) is 10.7 Å². The molecule has 2 aromatic carbocycles. The van der Waals surface area contributed by atoms with E-state index < -0.39 is 15.1 Å². The number of para-hydroxylation sites is 1. The van der Waals surface area contributed by atoms with Crippen molar-refractivity contribution in [3.8, 4) is 0 Å². The maximum absolute atomic E-state index is 12.4. The minimum absolute atomic E-state index is 0.216. The molecule has 0 radical (unpaired) electrons. The summed E-state index contributed by atoms with van der Waals surface area (Å²) in [6.45, 7) is 3.26. The van der Waals surface area contributed by atoms with Crippen LogP contribution in [0.2, 0.25) is 0 Å². The molecular formula is C18H18N2O3S3. The Bertz CT molecular complexity index is 1050. The van der Waals surface area contributed by atoms with Crippen LogP contribution in [0.15, 0.2) is 52.3 Å². The summed E-state index contributed by atoms with van der Waals surface area (Å²) in [7, 11) is -3.35. The molecule has 0 spiro atoms. The van der Waals surface area contributed by atoms with E-state index in [1.54, 1.807) is 25.6 Å². The Balaban J connectivity index is 1.82. The van der Waals surface area contributed by atoms with Crippen molar-refractivity contribution in [3.63, 3.8) is 0 Å². The number of amides is 1. The van der Waals surface area contributed by atoms with Crippen molar-refractivity contribution in [2.24, 2.45) is 0 Å². The molecule has 3 aromatic rings. The number of hydrogen-bond acceptors (Lipinski definition) is 6. The number of rotatable bonds is 5. The zero-order valence-corrected chi connectivity index (χ0v) is 17.0. The number of carbonyl (C=O) groups excluding carboxylic acids is 1. The average molecular weight is 407 g/mol. The monoisotopic (exact) mass is 406 g/mol. The fourth-order valence-electron chi connectivity index (χ4n) is 2.38. The third-order valence-electron chi connectivity index (χ3n) is 3.89. The minimum Gasteiger partial charge on any atom is -0.298 e. The molecule has 1 aromatic heterocycles. The Kier molecular flexibility index (Phi) is 5.36. The van der Waals surface area contributed by atoms with Crippen LogP contribution in [0.5, 0.6) is 0 Å². The molecule has 1 N–H and O–H groups in total. The lowest BCUT2D eigenvalue weighted by Crippen LogP contribution is -2.15. The molecule has 1 amide bonds. The van der Waals surface area contributed by atoms with Crippen LogP contribution < -0.4 is 5.32 Å². The zero-order chi connectivity index (χ0) is 18.9. The minimum atomic E-state index is -3.35. The van der Waals surface area contributed by atoms with Gasteiger partial charge in [-0.05, 0) is 56.5 Å². The summed E-state index contributed by atoms with van der Waals surface area (Å²) >= 11 is 3.02. The van der Waals surface area contributed by atoms with E-state index in [-0.39, 0.29) is 10.8 Å². The zero-order valence-electron chi connectivity index (χ0n) is 14.5. The fraction of sp³-hybridized carbons (Fsp3) is 0.222. The first-order valence-corrected chi connectivity index (χ1v) is 11.5. The van der Waals surface area contributed by atoms with Crippen LogP contribution in [0.4, 0.5) is 5.13 Å². The SMILES string of the molecule is CSc1cccc2sc(NC(=O)c3ccc(S(=O)(=O)C(C)C)cc3)nc12. The molecule has 0 fully saturated rings. The van der Waals surface area contributed by atoms with Gasteiger partial charge in [-0.15, -0.1) is 11.8 Å². The van der Waals surface area contributed by atoms with E-state index in [9.17, 15) is 13.2 Å². The van der Waals surface area contributed by atoms with Crippen molar-refractivity contribution in [1.82, 2.24) is 4.98 Å².